The number of hydrogen-bond donors (Lipinski definition) is 3. The van der Waals surface area contributed by atoms with Crippen LogP contribution in [0.4, 0.5) is 11.4 Å². The van der Waals surface area contributed by atoms with Crippen LogP contribution in [0.5, 0.6) is 0 Å². The number of nitrogens with zero attached hydrogens (tertiary/aromatic N) is 1. The third-order valence-corrected chi connectivity index (χ3v) is 4.69. The highest BCUT2D eigenvalue weighted by Crippen LogP contribution is 2.26. The van der Waals surface area contributed by atoms with Crippen LogP contribution in [0.15, 0.2) is 23.1 Å². The second-order valence-electron chi connectivity index (χ2n) is 4.59. The Morgan fingerprint density at radius 3 is 2.57 bits per heavy atom. The maximum Gasteiger partial charge on any atom is 0.293 e. The molecule has 1 aromatic rings. The summed E-state index contributed by atoms with van der Waals surface area (Å²) in [4.78, 5) is 10.1. The van der Waals surface area contributed by atoms with Crippen LogP contribution in [0.2, 0.25) is 0 Å². The molecule has 0 bridgehead atoms. The van der Waals surface area contributed by atoms with Gasteiger partial charge >= 0.3 is 0 Å². The van der Waals surface area contributed by atoms with Crippen LogP contribution in [-0.2, 0) is 14.8 Å². The molecule has 0 aromatic heterocycles. The summed E-state index contributed by atoms with van der Waals surface area (Å²) in [5, 5.41) is 10.8. The van der Waals surface area contributed by atoms with Crippen molar-refractivity contribution in [3.8, 4) is 0 Å². The lowest BCUT2D eigenvalue weighted by molar-refractivity contribution is -0.384. The van der Waals surface area contributed by atoms with Gasteiger partial charge in [-0.2, -0.15) is 0 Å². The number of anilines is 1. The average molecular weight is 316 g/mol. The Labute approximate surface area is 121 Å². The van der Waals surface area contributed by atoms with Crippen molar-refractivity contribution in [3.63, 3.8) is 0 Å². The number of nitrogens with two attached hydrogens (primary N) is 1. The van der Waals surface area contributed by atoms with Crippen LogP contribution in [0.1, 0.15) is 12.8 Å². The van der Waals surface area contributed by atoms with E-state index in [1.165, 1.54) is 6.07 Å². The van der Waals surface area contributed by atoms with Gasteiger partial charge < -0.3 is 10.2 Å². The molecule has 0 unspecified atom stereocenters. The van der Waals surface area contributed by atoms with Crippen LogP contribution < -0.4 is 16.0 Å². The second-order valence-corrected chi connectivity index (χ2v) is 6.30. The third-order valence-electron chi connectivity index (χ3n) is 3.17. The number of benzene rings is 1. The number of rotatable bonds is 5. The molecule has 0 aliphatic carbocycles. The van der Waals surface area contributed by atoms with E-state index in [4.69, 9.17) is 10.6 Å². The lowest BCUT2D eigenvalue weighted by Gasteiger charge is -2.23. The smallest absolute Gasteiger partial charge is 0.293 e. The van der Waals surface area contributed by atoms with Crippen molar-refractivity contribution in [2.24, 2.45) is 5.84 Å². The predicted molar refractivity (Wildman–Crippen MR) is 75.1 cm³/mol. The Bertz CT molecular complexity index is 628. The highest BCUT2D eigenvalue weighted by Gasteiger charge is 2.24. The van der Waals surface area contributed by atoms with Gasteiger partial charge in [0.1, 0.15) is 5.69 Å². The Hall–Kier alpha value is -1.75. The van der Waals surface area contributed by atoms with Crippen LogP contribution in [-0.4, -0.2) is 32.6 Å². The summed E-state index contributed by atoms with van der Waals surface area (Å²) in [5.74, 6) is 5.20. The van der Waals surface area contributed by atoms with Gasteiger partial charge in [0.25, 0.3) is 5.69 Å². The normalized spacial score (nSPS) is 16.6. The van der Waals surface area contributed by atoms with E-state index in [0.29, 0.717) is 26.1 Å². The highest BCUT2D eigenvalue weighted by atomic mass is 32.2. The number of ether oxygens (including phenoxy) is 1. The highest BCUT2D eigenvalue weighted by molar-refractivity contribution is 7.89. The summed E-state index contributed by atoms with van der Waals surface area (Å²) in [5.41, 5.74) is 1.79. The van der Waals surface area contributed by atoms with Crippen LogP contribution in [0.25, 0.3) is 0 Å². The SMILES string of the molecule is NNc1cc(S(=O)(=O)NC2CCOCC2)ccc1[N+](=O)[O-]. The molecule has 0 atom stereocenters. The average Bonchev–Trinajstić information content (AvgIpc) is 2.47. The van der Waals surface area contributed by atoms with Crippen molar-refractivity contribution in [2.75, 3.05) is 18.6 Å². The van der Waals surface area contributed by atoms with E-state index in [1.54, 1.807) is 0 Å². The van der Waals surface area contributed by atoms with E-state index >= 15 is 0 Å². The van der Waals surface area contributed by atoms with Crippen molar-refractivity contribution >= 4 is 21.4 Å². The number of sulfonamides is 1. The van der Waals surface area contributed by atoms with E-state index in [2.05, 4.69) is 10.1 Å². The van der Waals surface area contributed by atoms with Crippen LogP contribution >= 0.6 is 0 Å². The van der Waals surface area contributed by atoms with Crippen molar-refractivity contribution < 1.29 is 18.1 Å². The van der Waals surface area contributed by atoms with Crippen molar-refractivity contribution in [1.82, 2.24) is 4.72 Å². The van der Waals surface area contributed by atoms with Gasteiger partial charge in [0.2, 0.25) is 10.0 Å². The maximum absolute atomic E-state index is 12.3. The molecule has 0 saturated carbocycles. The molecule has 2 rings (SSSR count). The van der Waals surface area contributed by atoms with Crippen molar-refractivity contribution in [2.45, 2.75) is 23.8 Å². The van der Waals surface area contributed by atoms with Crippen LogP contribution in [0.3, 0.4) is 0 Å². The van der Waals surface area contributed by atoms with Gasteiger partial charge in [0.05, 0.1) is 9.82 Å². The zero-order valence-electron chi connectivity index (χ0n) is 11.1. The molecule has 1 fully saturated rings. The summed E-state index contributed by atoms with van der Waals surface area (Å²) >= 11 is 0. The molecule has 1 aliphatic heterocycles. The second kappa shape index (κ2) is 6.35. The fourth-order valence-corrected chi connectivity index (χ4v) is 3.39. The molecule has 4 N–H and O–H groups in total. The Kier molecular flexibility index (Phi) is 4.73. The van der Waals surface area contributed by atoms with Gasteiger partial charge in [0.15, 0.2) is 0 Å². The number of nitrogen functional groups attached to an aromatic ring is 1. The summed E-state index contributed by atoms with van der Waals surface area (Å²) in [6.45, 7) is 1.01. The molecule has 0 radical (unpaired) electrons. The first-order chi connectivity index (χ1) is 9.94. The first-order valence-electron chi connectivity index (χ1n) is 6.29. The summed E-state index contributed by atoms with van der Waals surface area (Å²) in [6, 6.07) is 3.22. The van der Waals surface area contributed by atoms with E-state index in [0.717, 1.165) is 12.1 Å². The van der Waals surface area contributed by atoms with E-state index in [9.17, 15) is 18.5 Å². The predicted octanol–water partition coefficient (Wildman–Crippen LogP) is 0.338. The molecular weight excluding hydrogens is 300 g/mol. The number of hydrogen-bond acceptors (Lipinski definition) is 7. The molecule has 0 spiro atoms. The minimum Gasteiger partial charge on any atom is -0.381 e. The molecule has 0 amide bonds. The summed E-state index contributed by atoms with van der Waals surface area (Å²) in [6.07, 6.45) is 1.18. The van der Waals surface area contributed by atoms with Gasteiger partial charge in [-0.3, -0.25) is 16.0 Å². The molecule has 1 heterocycles. The van der Waals surface area contributed by atoms with Crippen LogP contribution in [0, 0.1) is 10.1 Å². The zero-order chi connectivity index (χ0) is 15.5. The molecule has 116 valence electrons. The van der Waals surface area contributed by atoms with E-state index < -0.39 is 14.9 Å². The molecule has 10 heteroatoms. The van der Waals surface area contributed by atoms with Gasteiger partial charge in [0, 0.05) is 25.3 Å². The zero-order valence-corrected chi connectivity index (χ0v) is 11.9. The molecule has 21 heavy (non-hydrogen) atoms. The number of nitrogens with one attached hydrogen (secondary N) is 2. The Morgan fingerprint density at radius 1 is 1.33 bits per heavy atom. The fraction of sp³-hybridized carbons (Fsp3) is 0.455. The topological polar surface area (TPSA) is 137 Å². The molecule has 1 aliphatic rings. The quantitative estimate of drug-likeness (QED) is 0.404. The van der Waals surface area contributed by atoms with Gasteiger partial charge in [-0.1, -0.05) is 0 Å². The van der Waals surface area contributed by atoms with Gasteiger partial charge in [-0.25, -0.2) is 13.1 Å². The summed E-state index contributed by atoms with van der Waals surface area (Å²) < 4.78 is 32.2. The van der Waals surface area contributed by atoms with E-state index in [1.807, 2.05) is 0 Å². The fourth-order valence-electron chi connectivity index (χ4n) is 2.06. The standard InChI is InChI=1S/C11H16N4O5S/c12-13-10-7-9(1-2-11(10)15(16)17)21(18,19)14-8-3-5-20-6-4-8/h1-2,7-8,13-14H,3-6,12H2. The first kappa shape index (κ1) is 15.6. The Morgan fingerprint density at radius 2 is 2.00 bits per heavy atom. The maximum atomic E-state index is 12.3. The minimum atomic E-state index is -3.76. The lowest BCUT2D eigenvalue weighted by atomic mass is 10.1. The molecule has 9 nitrogen and oxygen atoms in total. The minimum absolute atomic E-state index is 0.0603. The van der Waals surface area contributed by atoms with Crippen molar-refractivity contribution in [1.29, 1.82) is 0 Å². The van der Waals surface area contributed by atoms with Crippen molar-refractivity contribution in [3.05, 3.63) is 28.3 Å². The number of nitro groups is 1. The van der Waals surface area contributed by atoms with E-state index in [-0.39, 0.29) is 22.3 Å². The first-order valence-corrected chi connectivity index (χ1v) is 7.77. The monoisotopic (exact) mass is 316 g/mol. The Balaban J connectivity index is 2.25. The number of nitro benzene ring substituents is 1. The molecular formula is C11H16N4O5S. The lowest BCUT2D eigenvalue weighted by Crippen LogP contribution is -2.38. The third kappa shape index (κ3) is 3.67. The molecule has 1 aromatic carbocycles. The van der Waals surface area contributed by atoms with Gasteiger partial charge in [-0.15, -0.1) is 0 Å². The molecule has 1 saturated heterocycles. The number of hydrazine groups is 1. The van der Waals surface area contributed by atoms with Gasteiger partial charge in [-0.05, 0) is 25.0 Å². The largest absolute Gasteiger partial charge is 0.381 e. The summed E-state index contributed by atoms with van der Waals surface area (Å²) in [7, 11) is -3.76.